The molecule has 0 aliphatic carbocycles. The van der Waals surface area contributed by atoms with Crippen LogP contribution in [0.1, 0.15) is 12.1 Å². The van der Waals surface area contributed by atoms with Crippen molar-refractivity contribution in [3.05, 3.63) is 48.3 Å². The van der Waals surface area contributed by atoms with Gasteiger partial charge in [0.15, 0.2) is 0 Å². The van der Waals surface area contributed by atoms with Crippen LogP contribution in [0.25, 0.3) is 0 Å². The molecule has 0 saturated carbocycles. The molecule has 4 nitrogen and oxygen atoms in total. The first-order valence-corrected chi connectivity index (χ1v) is 6.71. The van der Waals surface area contributed by atoms with Crippen LogP contribution in [0.5, 0.6) is 0 Å². The van der Waals surface area contributed by atoms with Crippen molar-refractivity contribution in [2.45, 2.75) is 13.0 Å². The average molecular weight is 258 g/mol. The summed E-state index contributed by atoms with van der Waals surface area (Å²) < 4.78 is 1.83. The van der Waals surface area contributed by atoms with E-state index in [1.807, 2.05) is 30.1 Å². The van der Waals surface area contributed by atoms with E-state index in [0.717, 1.165) is 31.7 Å². The molecule has 0 radical (unpaired) electrons. The summed E-state index contributed by atoms with van der Waals surface area (Å²) in [5, 5.41) is 7.75. The highest BCUT2D eigenvalue weighted by Crippen LogP contribution is 2.10. The maximum atomic E-state index is 4.33. The van der Waals surface area contributed by atoms with Crippen molar-refractivity contribution in [1.29, 1.82) is 0 Å². The van der Waals surface area contributed by atoms with Gasteiger partial charge in [-0.25, -0.2) is 0 Å². The lowest BCUT2D eigenvalue weighted by Crippen LogP contribution is -2.23. The predicted octanol–water partition coefficient (Wildman–Crippen LogP) is 2.04. The Morgan fingerprint density at radius 1 is 1.21 bits per heavy atom. The summed E-state index contributed by atoms with van der Waals surface area (Å²) in [6, 6.07) is 12.5. The van der Waals surface area contributed by atoms with Crippen LogP contribution >= 0.6 is 0 Å². The Balaban J connectivity index is 1.62. The normalized spacial score (nSPS) is 10.6. The second-order valence-corrected chi connectivity index (χ2v) is 4.77. The van der Waals surface area contributed by atoms with Crippen molar-refractivity contribution >= 4 is 5.69 Å². The van der Waals surface area contributed by atoms with Crippen LogP contribution in [0.15, 0.2) is 42.6 Å². The zero-order valence-corrected chi connectivity index (χ0v) is 11.7. The van der Waals surface area contributed by atoms with Crippen LogP contribution in [-0.2, 0) is 13.6 Å². The number of para-hydroxylation sites is 1. The second-order valence-electron chi connectivity index (χ2n) is 4.77. The highest BCUT2D eigenvalue weighted by atomic mass is 15.3. The number of rotatable bonds is 7. The highest BCUT2D eigenvalue weighted by Gasteiger charge is 1.99. The van der Waals surface area contributed by atoms with Crippen LogP contribution in [-0.4, -0.2) is 29.9 Å². The van der Waals surface area contributed by atoms with Crippen LogP contribution in [0.3, 0.4) is 0 Å². The molecule has 0 aliphatic rings. The summed E-state index contributed by atoms with van der Waals surface area (Å²) in [6.45, 7) is 2.91. The summed E-state index contributed by atoms with van der Waals surface area (Å²) in [5.41, 5.74) is 2.37. The zero-order valence-electron chi connectivity index (χ0n) is 11.7. The minimum Gasteiger partial charge on any atom is -0.375 e. The summed E-state index contributed by atoms with van der Waals surface area (Å²) in [7, 11) is 4.08. The quantitative estimate of drug-likeness (QED) is 0.772. The molecule has 0 aliphatic heterocycles. The fourth-order valence-corrected chi connectivity index (χ4v) is 2.03. The maximum absolute atomic E-state index is 4.33. The molecule has 1 heterocycles. The number of anilines is 1. The molecule has 0 atom stereocenters. The molecule has 102 valence electrons. The predicted molar refractivity (Wildman–Crippen MR) is 79.2 cm³/mol. The molecule has 0 amide bonds. The highest BCUT2D eigenvalue weighted by molar-refractivity contribution is 5.44. The van der Waals surface area contributed by atoms with E-state index < -0.39 is 0 Å². The second kappa shape index (κ2) is 6.95. The first-order chi connectivity index (χ1) is 9.25. The van der Waals surface area contributed by atoms with Gasteiger partial charge in [0.1, 0.15) is 0 Å². The first-order valence-electron chi connectivity index (χ1n) is 6.71. The first kappa shape index (κ1) is 13.6. The third-order valence-corrected chi connectivity index (χ3v) is 3.12. The topological polar surface area (TPSA) is 33.1 Å². The smallest absolute Gasteiger partial charge is 0.0762 e. The minimum absolute atomic E-state index is 0.843. The number of nitrogens with one attached hydrogen (secondary N) is 1. The molecule has 2 aromatic rings. The van der Waals surface area contributed by atoms with Gasteiger partial charge in [-0.3, -0.25) is 4.68 Å². The van der Waals surface area contributed by atoms with Gasteiger partial charge in [0.2, 0.25) is 0 Å². The SMILES string of the molecule is CN(CCCNCc1ccn(C)n1)c1ccccc1. The molecule has 1 aromatic heterocycles. The molecule has 1 N–H and O–H groups in total. The Morgan fingerprint density at radius 2 is 2.00 bits per heavy atom. The van der Waals surface area contributed by atoms with Crippen molar-refractivity contribution < 1.29 is 0 Å². The van der Waals surface area contributed by atoms with Crippen molar-refractivity contribution in [3.63, 3.8) is 0 Å². The molecule has 0 saturated heterocycles. The van der Waals surface area contributed by atoms with Gasteiger partial charge >= 0.3 is 0 Å². The molecule has 2 rings (SSSR count). The van der Waals surface area contributed by atoms with Crippen LogP contribution in [0, 0.1) is 0 Å². The van der Waals surface area contributed by atoms with E-state index in [1.54, 1.807) is 0 Å². The molecule has 19 heavy (non-hydrogen) atoms. The van der Waals surface area contributed by atoms with E-state index in [9.17, 15) is 0 Å². The fraction of sp³-hybridized carbons (Fsp3) is 0.400. The van der Waals surface area contributed by atoms with Gasteiger partial charge in [0.05, 0.1) is 5.69 Å². The van der Waals surface area contributed by atoms with E-state index in [4.69, 9.17) is 0 Å². The van der Waals surface area contributed by atoms with Crippen LogP contribution in [0.4, 0.5) is 5.69 Å². The Labute approximate surface area is 115 Å². The third kappa shape index (κ3) is 4.41. The van der Waals surface area contributed by atoms with E-state index in [2.05, 4.69) is 46.6 Å². The lowest BCUT2D eigenvalue weighted by molar-refractivity contribution is 0.626. The van der Waals surface area contributed by atoms with E-state index in [-0.39, 0.29) is 0 Å². The number of aromatic nitrogens is 2. The Bertz CT molecular complexity index is 478. The number of nitrogens with zero attached hydrogens (tertiary/aromatic N) is 3. The Kier molecular flexibility index (Phi) is 4.98. The summed E-state index contributed by atoms with van der Waals surface area (Å²) in [6.07, 6.45) is 3.10. The lowest BCUT2D eigenvalue weighted by Gasteiger charge is -2.19. The fourth-order valence-electron chi connectivity index (χ4n) is 2.03. The van der Waals surface area contributed by atoms with Crippen molar-refractivity contribution in [2.75, 3.05) is 25.0 Å². The van der Waals surface area contributed by atoms with Crippen LogP contribution < -0.4 is 10.2 Å². The average Bonchev–Trinajstić information content (AvgIpc) is 2.85. The van der Waals surface area contributed by atoms with Gasteiger partial charge in [0.25, 0.3) is 0 Å². The molecule has 4 heteroatoms. The Morgan fingerprint density at radius 3 is 2.68 bits per heavy atom. The van der Waals surface area contributed by atoms with E-state index in [0.29, 0.717) is 0 Å². The van der Waals surface area contributed by atoms with Crippen molar-refractivity contribution in [3.8, 4) is 0 Å². The minimum atomic E-state index is 0.843. The maximum Gasteiger partial charge on any atom is 0.0762 e. The van der Waals surface area contributed by atoms with Gasteiger partial charge in [-0.2, -0.15) is 5.10 Å². The van der Waals surface area contributed by atoms with Crippen LogP contribution in [0.2, 0.25) is 0 Å². The summed E-state index contributed by atoms with van der Waals surface area (Å²) in [5.74, 6) is 0. The molecule has 0 unspecified atom stereocenters. The van der Waals surface area contributed by atoms with E-state index in [1.165, 1.54) is 5.69 Å². The Hall–Kier alpha value is -1.81. The van der Waals surface area contributed by atoms with Crippen molar-refractivity contribution in [1.82, 2.24) is 15.1 Å². The molecule has 1 aromatic carbocycles. The number of aryl methyl sites for hydroxylation is 1. The lowest BCUT2D eigenvalue weighted by atomic mass is 10.3. The zero-order chi connectivity index (χ0) is 13.5. The third-order valence-electron chi connectivity index (χ3n) is 3.12. The van der Waals surface area contributed by atoms with Gasteiger partial charge < -0.3 is 10.2 Å². The van der Waals surface area contributed by atoms with Gasteiger partial charge in [-0.15, -0.1) is 0 Å². The number of hydrogen-bond acceptors (Lipinski definition) is 3. The standard InChI is InChI=1S/C15H22N4/c1-18(15-7-4-3-5-8-15)11-6-10-16-13-14-9-12-19(2)17-14/h3-5,7-9,12,16H,6,10-11,13H2,1-2H3. The largest absolute Gasteiger partial charge is 0.375 e. The van der Waals surface area contributed by atoms with Crippen molar-refractivity contribution in [2.24, 2.45) is 7.05 Å². The summed E-state index contributed by atoms with van der Waals surface area (Å²) >= 11 is 0. The molecule has 0 spiro atoms. The number of hydrogen-bond donors (Lipinski definition) is 1. The van der Waals surface area contributed by atoms with Gasteiger partial charge in [-0.05, 0) is 31.2 Å². The van der Waals surface area contributed by atoms with Gasteiger partial charge in [0, 0.05) is 39.1 Å². The number of benzene rings is 1. The molecular weight excluding hydrogens is 236 g/mol. The monoisotopic (exact) mass is 258 g/mol. The van der Waals surface area contributed by atoms with E-state index >= 15 is 0 Å². The van der Waals surface area contributed by atoms with Gasteiger partial charge in [-0.1, -0.05) is 18.2 Å². The molecule has 0 fully saturated rings. The molecule has 0 bridgehead atoms. The molecular formula is C15H22N4. The summed E-state index contributed by atoms with van der Waals surface area (Å²) in [4.78, 5) is 2.28.